The molecule has 3 heteroatoms. The molecule has 0 atom stereocenters. The van der Waals surface area contributed by atoms with Gasteiger partial charge in [-0.05, 0) is 51.3 Å². The van der Waals surface area contributed by atoms with Crippen molar-refractivity contribution < 1.29 is 4.79 Å². The molecular formula is C18H30N2O. The van der Waals surface area contributed by atoms with Crippen molar-refractivity contribution in [2.75, 3.05) is 5.32 Å². The topological polar surface area (TPSA) is 41.1 Å². The van der Waals surface area contributed by atoms with E-state index in [4.69, 9.17) is 0 Å². The number of urea groups is 1. The Labute approximate surface area is 129 Å². The summed E-state index contributed by atoms with van der Waals surface area (Å²) < 4.78 is 0. The second kappa shape index (κ2) is 8.71. The summed E-state index contributed by atoms with van der Waals surface area (Å²) in [6.07, 6.45) is 7.64. The Morgan fingerprint density at radius 1 is 1.00 bits per heavy atom. The van der Waals surface area contributed by atoms with Crippen LogP contribution in [0.25, 0.3) is 0 Å². The average molecular weight is 290 g/mol. The Balaban J connectivity index is 2.35. The molecule has 0 heterocycles. The van der Waals surface area contributed by atoms with Crippen molar-refractivity contribution in [3.8, 4) is 0 Å². The van der Waals surface area contributed by atoms with Gasteiger partial charge in [-0.3, -0.25) is 0 Å². The van der Waals surface area contributed by atoms with E-state index in [1.54, 1.807) is 0 Å². The average Bonchev–Trinajstić information content (AvgIpc) is 2.38. The second-order valence-electron chi connectivity index (χ2n) is 6.69. The highest BCUT2D eigenvalue weighted by molar-refractivity contribution is 5.89. The van der Waals surface area contributed by atoms with Gasteiger partial charge in [0.15, 0.2) is 0 Å². The molecule has 1 aromatic rings. The maximum Gasteiger partial charge on any atom is 0.319 e. The zero-order valence-corrected chi connectivity index (χ0v) is 14.0. The molecule has 0 saturated carbocycles. The highest BCUT2D eigenvalue weighted by Crippen LogP contribution is 2.13. The van der Waals surface area contributed by atoms with Crippen LogP contribution < -0.4 is 10.6 Å². The number of carbonyl (C=O) groups excluding carboxylic acids is 1. The summed E-state index contributed by atoms with van der Waals surface area (Å²) in [6.45, 7) is 8.14. The van der Waals surface area contributed by atoms with Gasteiger partial charge in [-0.2, -0.15) is 0 Å². The molecule has 2 N–H and O–H groups in total. The first-order valence-electron chi connectivity index (χ1n) is 8.09. The summed E-state index contributed by atoms with van der Waals surface area (Å²) in [5.41, 5.74) is 1.96. The molecule has 0 unspecified atom stereocenters. The molecule has 0 aliphatic heterocycles. The fraction of sp³-hybridized carbons (Fsp3) is 0.611. The first kappa shape index (κ1) is 17.5. The van der Waals surface area contributed by atoms with Crippen molar-refractivity contribution in [3.05, 3.63) is 29.8 Å². The summed E-state index contributed by atoms with van der Waals surface area (Å²) in [7, 11) is 0. The number of hydrogen-bond acceptors (Lipinski definition) is 1. The van der Waals surface area contributed by atoms with E-state index in [0.29, 0.717) is 0 Å². The number of anilines is 1. The lowest BCUT2D eigenvalue weighted by Crippen LogP contribution is -2.43. The number of amides is 2. The van der Waals surface area contributed by atoms with E-state index in [9.17, 15) is 4.79 Å². The third-order valence-electron chi connectivity index (χ3n) is 3.27. The van der Waals surface area contributed by atoms with Gasteiger partial charge in [0.05, 0.1) is 0 Å². The second-order valence-corrected chi connectivity index (χ2v) is 6.69. The van der Waals surface area contributed by atoms with Crippen LogP contribution in [0, 0.1) is 0 Å². The van der Waals surface area contributed by atoms with Crippen LogP contribution in [0.4, 0.5) is 10.5 Å². The number of benzene rings is 1. The van der Waals surface area contributed by atoms with Gasteiger partial charge in [0, 0.05) is 11.2 Å². The first-order valence-corrected chi connectivity index (χ1v) is 8.09. The quantitative estimate of drug-likeness (QED) is 0.672. The maximum absolute atomic E-state index is 11.8. The van der Waals surface area contributed by atoms with Gasteiger partial charge in [0.2, 0.25) is 0 Å². The smallest absolute Gasteiger partial charge is 0.319 e. The number of aryl methyl sites for hydroxylation is 1. The molecule has 0 bridgehead atoms. The minimum Gasteiger partial charge on any atom is -0.333 e. The van der Waals surface area contributed by atoms with Crippen LogP contribution in [-0.2, 0) is 6.42 Å². The molecule has 1 rings (SSSR count). The maximum atomic E-state index is 11.8. The minimum absolute atomic E-state index is 0.158. The van der Waals surface area contributed by atoms with Gasteiger partial charge in [0.1, 0.15) is 0 Å². The van der Waals surface area contributed by atoms with Crippen LogP contribution >= 0.6 is 0 Å². The van der Waals surface area contributed by atoms with E-state index in [1.807, 2.05) is 32.9 Å². The highest BCUT2D eigenvalue weighted by atomic mass is 16.2. The van der Waals surface area contributed by atoms with Gasteiger partial charge in [0.25, 0.3) is 0 Å². The number of carbonyl (C=O) groups is 1. The van der Waals surface area contributed by atoms with Crippen LogP contribution in [0.5, 0.6) is 0 Å². The van der Waals surface area contributed by atoms with Crippen LogP contribution in [0.2, 0.25) is 0 Å². The Morgan fingerprint density at radius 3 is 2.19 bits per heavy atom. The normalized spacial score (nSPS) is 11.2. The third kappa shape index (κ3) is 8.38. The number of rotatable bonds is 7. The van der Waals surface area contributed by atoms with Crippen molar-refractivity contribution in [3.63, 3.8) is 0 Å². The standard InChI is InChI=1S/C18H30N2O/c1-5-6-7-8-9-10-15-11-13-16(14-12-15)19-17(21)20-18(2,3)4/h11-14H,5-10H2,1-4H3,(H2,19,20,21). The number of nitrogens with one attached hydrogen (secondary N) is 2. The predicted molar refractivity (Wildman–Crippen MR) is 90.8 cm³/mol. The molecule has 2 amide bonds. The molecule has 118 valence electrons. The van der Waals surface area contributed by atoms with Crippen LogP contribution in [0.15, 0.2) is 24.3 Å². The van der Waals surface area contributed by atoms with Crippen LogP contribution in [-0.4, -0.2) is 11.6 Å². The van der Waals surface area contributed by atoms with E-state index in [0.717, 1.165) is 12.1 Å². The molecule has 0 aromatic heterocycles. The summed E-state index contributed by atoms with van der Waals surface area (Å²) in [6, 6.07) is 8.00. The molecule has 0 fully saturated rings. The Hall–Kier alpha value is -1.51. The lowest BCUT2D eigenvalue weighted by molar-refractivity contribution is 0.244. The number of unbranched alkanes of at least 4 members (excludes halogenated alkanes) is 4. The van der Waals surface area contributed by atoms with Gasteiger partial charge in [-0.1, -0.05) is 44.7 Å². The largest absolute Gasteiger partial charge is 0.333 e. The molecule has 0 spiro atoms. The van der Waals surface area contributed by atoms with E-state index < -0.39 is 0 Å². The number of hydrogen-bond donors (Lipinski definition) is 2. The summed E-state index contributed by atoms with van der Waals surface area (Å²) in [5.74, 6) is 0. The fourth-order valence-corrected chi connectivity index (χ4v) is 2.19. The highest BCUT2D eigenvalue weighted by Gasteiger charge is 2.13. The third-order valence-corrected chi connectivity index (χ3v) is 3.27. The fourth-order valence-electron chi connectivity index (χ4n) is 2.19. The van der Waals surface area contributed by atoms with Crippen molar-refractivity contribution in [2.24, 2.45) is 0 Å². The first-order chi connectivity index (χ1) is 9.90. The minimum atomic E-state index is -0.220. The molecule has 1 aromatic carbocycles. The van der Waals surface area contributed by atoms with E-state index in [-0.39, 0.29) is 11.6 Å². The van der Waals surface area contributed by atoms with Crippen molar-refractivity contribution in [2.45, 2.75) is 71.8 Å². The SMILES string of the molecule is CCCCCCCc1ccc(NC(=O)NC(C)(C)C)cc1. The lowest BCUT2D eigenvalue weighted by Gasteiger charge is -2.20. The van der Waals surface area contributed by atoms with Crippen LogP contribution in [0.1, 0.15) is 65.4 Å². The van der Waals surface area contributed by atoms with Crippen molar-refractivity contribution >= 4 is 11.7 Å². The summed E-state index contributed by atoms with van der Waals surface area (Å²) >= 11 is 0. The summed E-state index contributed by atoms with van der Waals surface area (Å²) in [5, 5.41) is 5.75. The molecular weight excluding hydrogens is 260 g/mol. The van der Waals surface area contributed by atoms with Gasteiger partial charge in [-0.25, -0.2) is 4.79 Å². The Bertz CT molecular complexity index is 418. The monoisotopic (exact) mass is 290 g/mol. The van der Waals surface area contributed by atoms with Gasteiger partial charge < -0.3 is 10.6 Å². The zero-order chi connectivity index (χ0) is 15.7. The Morgan fingerprint density at radius 2 is 1.62 bits per heavy atom. The summed E-state index contributed by atoms with van der Waals surface area (Å²) in [4.78, 5) is 11.8. The van der Waals surface area contributed by atoms with E-state index in [2.05, 4.69) is 29.7 Å². The molecule has 21 heavy (non-hydrogen) atoms. The van der Waals surface area contributed by atoms with Crippen LogP contribution in [0.3, 0.4) is 0 Å². The van der Waals surface area contributed by atoms with Crippen molar-refractivity contribution in [1.82, 2.24) is 5.32 Å². The Kier molecular flexibility index (Phi) is 7.27. The molecule has 3 nitrogen and oxygen atoms in total. The van der Waals surface area contributed by atoms with E-state index in [1.165, 1.54) is 37.7 Å². The molecule has 0 aliphatic carbocycles. The molecule has 0 aliphatic rings. The van der Waals surface area contributed by atoms with Gasteiger partial charge >= 0.3 is 6.03 Å². The van der Waals surface area contributed by atoms with Gasteiger partial charge in [-0.15, -0.1) is 0 Å². The molecule has 0 radical (unpaired) electrons. The van der Waals surface area contributed by atoms with Crippen molar-refractivity contribution in [1.29, 1.82) is 0 Å². The zero-order valence-electron chi connectivity index (χ0n) is 14.0. The van der Waals surface area contributed by atoms with E-state index >= 15 is 0 Å². The predicted octanol–water partition coefficient (Wildman–Crippen LogP) is 5.12. The molecule has 0 saturated heterocycles. The lowest BCUT2D eigenvalue weighted by atomic mass is 10.1.